The molecule has 0 saturated heterocycles. The minimum atomic E-state index is -0.467. The zero-order valence-corrected chi connectivity index (χ0v) is 13.3. The van der Waals surface area contributed by atoms with Crippen LogP contribution in [0.3, 0.4) is 0 Å². The van der Waals surface area contributed by atoms with Crippen molar-refractivity contribution in [3.63, 3.8) is 0 Å². The second-order valence-electron chi connectivity index (χ2n) is 4.48. The van der Waals surface area contributed by atoms with Crippen molar-refractivity contribution in [2.45, 2.75) is 26.7 Å². The monoisotopic (exact) mass is 351 g/mol. The Hall–Kier alpha value is -2.02. The molecule has 110 valence electrons. The molecule has 0 saturated carbocycles. The predicted molar refractivity (Wildman–Crippen MR) is 81.6 cm³/mol. The van der Waals surface area contributed by atoms with E-state index in [9.17, 15) is 10.1 Å². The number of hydrogen-bond acceptors (Lipinski definition) is 5. The van der Waals surface area contributed by atoms with Crippen molar-refractivity contribution in [3.05, 3.63) is 50.4 Å². The third-order valence-corrected chi connectivity index (χ3v) is 3.19. The fourth-order valence-electron chi connectivity index (χ4n) is 1.85. The van der Waals surface area contributed by atoms with Crippen molar-refractivity contribution in [2.24, 2.45) is 0 Å². The molecule has 7 heteroatoms. The summed E-state index contributed by atoms with van der Waals surface area (Å²) in [5.74, 6) is 1.13. The van der Waals surface area contributed by atoms with E-state index in [0.717, 1.165) is 6.42 Å². The molecule has 1 heterocycles. The highest BCUT2D eigenvalue weighted by Crippen LogP contribution is 2.34. The molecule has 2 aromatic rings. The van der Waals surface area contributed by atoms with Crippen molar-refractivity contribution in [1.29, 1.82) is 0 Å². The van der Waals surface area contributed by atoms with Crippen molar-refractivity contribution in [1.82, 2.24) is 9.97 Å². The van der Waals surface area contributed by atoms with Gasteiger partial charge in [0, 0.05) is 18.6 Å². The Balaban J connectivity index is 2.40. The van der Waals surface area contributed by atoms with Crippen LogP contribution in [0.15, 0.2) is 28.9 Å². The van der Waals surface area contributed by atoms with E-state index >= 15 is 0 Å². The van der Waals surface area contributed by atoms with Gasteiger partial charge in [0.1, 0.15) is 10.4 Å². The third kappa shape index (κ3) is 3.75. The fraction of sp³-hybridized carbons (Fsp3) is 0.286. The number of ether oxygens (including phenoxy) is 1. The topological polar surface area (TPSA) is 78.2 Å². The molecule has 0 amide bonds. The highest BCUT2D eigenvalue weighted by atomic mass is 79.9. The third-order valence-electron chi connectivity index (χ3n) is 2.79. The lowest BCUT2D eigenvalue weighted by atomic mass is 10.2. The standard InChI is InChI=1S/C14H14BrN3O3/c1-3-5-12-16-11(15)8-13(17-12)21-14-9(2)6-4-7-10(14)18(19)20/h4,6-8H,3,5H2,1-2H3. The maximum absolute atomic E-state index is 11.1. The van der Waals surface area contributed by atoms with E-state index in [-0.39, 0.29) is 17.3 Å². The van der Waals surface area contributed by atoms with Gasteiger partial charge in [-0.15, -0.1) is 0 Å². The van der Waals surface area contributed by atoms with E-state index in [1.807, 2.05) is 6.92 Å². The lowest BCUT2D eigenvalue weighted by molar-refractivity contribution is -0.385. The van der Waals surface area contributed by atoms with Gasteiger partial charge in [0.15, 0.2) is 0 Å². The SMILES string of the molecule is CCCc1nc(Br)cc(Oc2c(C)cccc2[N+](=O)[O-])n1. The molecule has 0 fully saturated rings. The quantitative estimate of drug-likeness (QED) is 0.458. The Morgan fingerprint density at radius 1 is 1.38 bits per heavy atom. The Morgan fingerprint density at radius 3 is 2.81 bits per heavy atom. The summed E-state index contributed by atoms with van der Waals surface area (Å²) in [5, 5.41) is 11.1. The average Bonchev–Trinajstić information content (AvgIpc) is 2.40. The highest BCUT2D eigenvalue weighted by molar-refractivity contribution is 9.10. The number of benzene rings is 1. The summed E-state index contributed by atoms with van der Waals surface area (Å²) < 4.78 is 6.24. The van der Waals surface area contributed by atoms with E-state index in [2.05, 4.69) is 25.9 Å². The maximum Gasteiger partial charge on any atom is 0.311 e. The molecular formula is C14H14BrN3O3. The number of para-hydroxylation sites is 1. The molecule has 1 aromatic carbocycles. The molecule has 0 bridgehead atoms. The van der Waals surface area contributed by atoms with Gasteiger partial charge < -0.3 is 4.74 Å². The number of aryl methyl sites for hydroxylation is 2. The summed E-state index contributed by atoms with van der Waals surface area (Å²) in [6.45, 7) is 3.78. The molecule has 0 spiro atoms. The second kappa shape index (κ2) is 6.62. The van der Waals surface area contributed by atoms with Crippen molar-refractivity contribution in [3.8, 4) is 11.6 Å². The summed E-state index contributed by atoms with van der Waals surface area (Å²) in [7, 11) is 0. The zero-order valence-electron chi connectivity index (χ0n) is 11.7. The number of hydrogen-bond donors (Lipinski definition) is 0. The number of aromatic nitrogens is 2. The molecule has 1 aromatic heterocycles. The van der Waals surface area contributed by atoms with Crippen LogP contribution in [0.2, 0.25) is 0 Å². The Bertz CT molecular complexity index is 677. The van der Waals surface area contributed by atoms with E-state index < -0.39 is 4.92 Å². The van der Waals surface area contributed by atoms with Gasteiger partial charge in [0.25, 0.3) is 0 Å². The minimum Gasteiger partial charge on any atom is -0.431 e. The van der Waals surface area contributed by atoms with Crippen LogP contribution in [0, 0.1) is 17.0 Å². The molecule has 0 unspecified atom stereocenters. The Morgan fingerprint density at radius 2 is 2.14 bits per heavy atom. The Kier molecular flexibility index (Phi) is 4.85. The molecule has 21 heavy (non-hydrogen) atoms. The highest BCUT2D eigenvalue weighted by Gasteiger charge is 2.18. The van der Waals surface area contributed by atoms with Crippen molar-refractivity contribution >= 4 is 21.6 Å². The maximum atomic E-state index is 11.1. The summed E-state index contributed by atoms with van der Waals surface area (Å²) in [4.78, 5) is 19.1. The predicted octanol–water partition coefficient (Wildman–Crippen LogP) is 4.20. The van der Waals surface area contributed by atoms with Crippen LogP contribution < -0.4 is 4.74 Å². The molecule has 0 radical (unpaired) electrons. The molecule has 2 rings (SSSR count). The van der Waals surface area contributed by atoms with Crippen LogP contribution in [0.25, 0.3) is 0 Å². The van der Waals surface area contributed by atoms with Crippen LogP contribution >= 0.6 is 15.9 Å². The van der Waals surface area contributed by atoms with Gasteiger partial charge in [0.2, 0.25) is 11.6 Å². The normalized spacial score (nSPS) is 10.4. The Labute approximate surface area is 130 Å². The van der Waals surface area contributed by atoms with Gasteiger partial charge in [0.05, 0.1) is 4.92 Å². The van der Waals surface area contributed by atoms with Gasteiger partial charge in [-0.3, -0.25) is 10.1 Å². The fourth-order valence-corrected chi connectivity index (χ4v) is 2.25. The first kappa shape index (κ1) is 15.4. The van der Waals surface area contributed by atoms with E-state index in [1.165, 1.54) is 6.07 Å². The number of nitro benzene ring substituents is 1. The summed E-state index contributed by atoms with van der Waals surface area (Å²) in [6.07, 6.45) is 1.62. The van der Waals surface area contributed by atoms with Crippen LogP contribution in [-0.4, -0.2) is 14.9 Å². The molecule has 0 N–H and O–H groups in total. The lowest BCUT2D eigenvalue weighted by Crippen LogP contribution is -2.00. The summed E-state index contributed by atoms with van der Waals surface area (Å²) >= 11 is 3.30. The van der Waals surface area contributed by atoms with Gasteiger partial charge >= 0.3 is 5.69 Å². The van der Waals surface area contributed by atoms with Crippen molar-refractivity contribution in [2.75, 3.05) is 0 Å². The van der Waals surface area contributed by atoms with E-state index in [4.69, 9.17) is 4.74 Å². The van der Waals surface area contributed by atoms with Crippen LogP contribution in [-0.2, 0) is 6.42 Å². The first-order chi connectivity index (χ1) is 10.0. The molecule has 0 aliphatic carbocycles. The van der Waals surface area contributed by atoms with Crippen LogP contribution in [0.4, 0.5) is 5.69 Å². The lowest BCUT2D eigenvalue weighted by Gasteiger charge is -2.09. The van der Waals surface area contributed by atoms with Gasteiger partial charge in [-0.05, 0) is 34.8 Å². The molecule has 0 aliphatic heterocycles. The molecule has 0 aliphatic rings. The van der Waals surface area contributed by atoms with Crippen LogP contribution in [0.1, 0.15) is 24.7 Å². The first-order valence-electron chi connectivity index (χ1n) is 6.46. The largest absolute Gasteiger partial charge is 0.431 e. The summed E-state index contributed by atoms with van der Waals surface area (Å²) in [5.41, 5.74) is 0.595. The number of nitro groups is 1. The second-order valence-corrected chi connectivity index (χ2v) is 5.29. The van der Waals surface area contributed by atoms with Crippen LogP contribution in [0.5, 0.6) is 11.6 Å². The minimum absolute atomic E-state index is 0.0817. The number of nitrogens with zero attached hydrogens (tertiary/aromatic N) is 3. The smallest absolute Gasteiger partial charge is 0.311 e. The van der Waals surface area contributed by atoms with Gasteiger partial charge in [-0.2, -0.15) is 4.98 Å². The zero-order chi connectivity index (χ0) is 15.4. The number of rotatable bonds is 5. The van der Waals surface area contributed by atoms with Gasteiger partial charge in [-0.1, -0.05) is 19.1 Å². The summed E-state index contributed by atoms with van der Waals surface area (Å²) in [6, 6.07) is 6.38. The number of halogens is 1. The van der Waals surface area contributed by atoms with Gasteiger partial charge in [-0.25, -0.2) is 4.98 Å². The van der Waals surface area contributed by atoms with E-state index in [0.29, 0.717) is 22.4 Å². The van der Waals surface area contributed by atoms with Crippen molar-refractivity contribution < 1.29 is 9.66 Å². The van der Waals surface area contributed by atoms with E-state index in [1.54, 1.807) is 25.1 Å². The molecular weight excluding hydrogens is 338 g/mol. The first-order valence-corrected chi connectivity index (χ1v) is 7.26. The molecule has 0 atom stereocenters. The molecule has 6 nitrogen and oxygen atoms in total. The average molecular weight is 352 g/mol.